The number of nitrogens with two attached hydrogens (primary N) is 1. The van der Waals surface area contributed by atoms with E-state index in [0.29, 0.717) is 0 Å². The number of aromatic amines is 1. The number of anilines is 1. The number of nitrogens with zero attached hydrogens (tertiary/aromatic N) is 1. The molecule has 7 nitrogen and oxygen atoms in total. The lowest BCUT2D eigenvalue weighted by Gasteiger charge is -2.10. The SMILES string of the molecule is N/C(=N/O)c1c(F)cccc1NC(=O)c1ccc(=O)[nH]c1. The van der Waals surface area contributed by atoms with Gasteiger partial charge in [-0.2, -0.15) is 0 Å². The van der Waals surface area contributed by atoms with Gasteiger partial charge in [-0.1, -0.05) is 11.2 Å². The molecular formula is C13H11FN4O3. The highest BCUT2D eigenvalue weighted by atomic mass is 19.1. The highest BCUT2D eigenvalue weighted by Crippen LogP contribution is 2.19. The number of amidine groups is 1. The second-order valence-electron chi connectivity index (χ2n) is 4.04. The van der Waals surface area contributed by atoms with Crippen LogP contribution >= 0.6 is 0 Å². The number of pyridine rings is 1. The van der Waals surface area contributed by atoms with Gasteiger partial charge >= 0.3 is 0 Å². The third kappa shape index (κ3) is 3.06. The van der Waals surface area contributed by atoms with Crippen molar-refractivity contribution >= 4 is 17.4 Å². The lowest BCUT2D eigenvalue weighted by atomic mass is 10.1. The Balaban J connectivity index is 2.36. The molecule has 0 aliphatic rings. The van der Waals surface area contributed by atoms with Crippen molar-refractivity contribution < 1.29 is 14.4 Å². The summed E-state index contributed by atoms with van der Waals surface area (Å²) in [6.07, 6.45) is 1.22. The van der Waals surface area contributed by atoms with Crippen LogP contribution in [0.2, 0.25) is 0 Å². The summed E-state index contributed by atoms with van der Waals surface area (Å²) in [4.78, 5) is 25.3. The Morgan fingerprint density at radius 1 is 1.33 bits per heavy atom. The lowest BCUT2D eigenvalue weighted by molar-refractivity contribution is 0.102. The summed E-state index contributed by atoms with van der Waals surface area (Å²) in [5.41, 5.74) is 5.03. The Kier molecular flexibility index (Phi) is 3.98. The molecule has 0 saturated heterocycles. The molecule has 0 bridgehead atoms. The highest BCUT2D eigenvalue weighted by molar-refractivity contribution is 6.09. The van der Waals surface area contributed by atoms with Crippen molar-refractivity contribution in [1.29, 1.82) is 0 Å². The van der Waals surface area contributed by atoms with E-state index in [1.165, 1.54) is 30.5 Å². The van der Waals surface area contributed by atoms with Gasteiger partial charge in [-0.25, -0.2) is 4.39 Å². The maximum atomic E-state index is 13.7. The summed E-state index contributed by atoms with van der Waals surface area (Å²) < 4.78 is 13.7. The number of carbonyl (C=O) groups is 1. The number of H-pyrrole nitrogens is 1. The fraction of sp³-hybridized carbons (Fsp3) is 0. The molecule has 0 radical (unpaired) electrons. The van der Waals surface area contributed by atoms with Crippen LogP contribution < -0.4 is 16.6 Å². The van der Waals surface area contributed by atoms with E-state index in [2.05, 4.69) is 15.5 Å². The van der Waals surface area contributed by atoms with Crippen LogP contribution in [0, 0.1) is 5.82 Å². The maximum absolute atomic E-state index is 13.7. The molecule has 108 valence electrons. The van der Waals surface area contributed by atoms with E-state index in [0.717, 1.165) is 6.07 Å². The zero-order valence-electron chi connectivity index (χ0n) is 10.6. The highest BCUT2D eigenvalue weighted by Gasteiger charge is 2.15. The average Bonchev–Trinajstić information content (AvgIpc) is 2.47. The van der Waals surface area contributed by atoms with Crippen LogP contribution in [0.3, 0.4) is 0 Å². The molecule has 0 atom stereocenters. The molecule has 0 saturated carbocycles. The Bertz CT molecular complexity index is 750. The Morgan fingerprint density at radius 3 is 2.71 bits per heavy atom. The number of rotatable bonds is 3. The largest absolute Gasteiger partial charge is 0.409 e. The van der Waals surface area contributed by atoms with Crippen LogP contribution in [0.25, 0.3) is 0 Å². The zero-order chi connectivity index (χ0) is 15.4. The fourth-order valence-electron chi connectivity index (χ4n) is 1.68. The predicted octanol–water partition coefficient (Wildman–Crippen LogP) is 0.861. The van der Waals surface area contributed by atoms with Gasteiger partial charge in [0.25, 0.3) is 5.91 Å². The summed E-state index contributed by atoms with van der Waals surface area (Å²) in [5.74, 6) is -1.79. The number of amides is 1. The molecule has 1 aromatic carbocycles. The van der Waals surface area contributed by atoms with Crippen molar-refractivity contribution in [3.05, 3.63) is 63.8 Å². The topological polar surface area (TPSA) is 121 Å². The molecule has 0 fully saturated rings. The van der Waals surface area contributed by atoms with Gasteiger partial charge in [-0.05, 0) is 18.2 Å². The second kappa shape index (κ2) is 5.87. The summed E-state index contributed by atoms with van der Waals surface area (Å²) in [5, 5.41) is 13.8. The molecule has 0 spiro atoms. The van der Waals surface area contributed by atoms with Gasteiger partial charge in [0.15, 0.2) is 5.84 Å². The number of halogens is 1. The van der Waals surface area contributed by atoms with E-state index in [-0.39, 0.29) is 22.4 Å². The number of aromatic nitrogens is 1. The zero-order valence-corrected chi connectivity index (χ0v) is 10.6. The van der Waals surface area contributed by atoms with Crippen LogP contribution in [0.1, 0.15) is 15.9 Å². The van der Waals surface area contributed by atoms with E-state index >= 15 is 0 Å². The minimum Gasteiger partial charge on any atom is -0.409 e. The van der Waals surface area contributed by atoms with Crippen LogP contribution in [0.15, 0.2) is 46.5 Å². The molecule has 1 heterocycles. The molecule has 0 aliphatic heterocycles. The second-order valence-corrected chi connectivity index (χ2v) is 4.04. The normalized spacial score (nSPS) is 11.2. The summed E-state index contributed by atoms with van der Waals surface area (Å²) >= 11 is 0. The van der Waals surface area contributed by atoms with Crippen molar-refractivity contribution in [3.63, 3.8) is 0 Å². The third-order valence-electron chi connectivity index (χ3n) is 2.67. The first-order valence-corrected chi connectivity index (χ1v) is 5.79. The molecule has 5 N–H and O–H groups in total. The third-order valence-corrected chi connectivity index (χ3v) is 2.67. The van der Waals surface area contributed by atoms with Crippen molar-refractivity contribution in [2.45, 2.75) is 0 Å². The molecule has 8 heteroatoms. The van der Waals surface area contributed by atoms with E-state index in [4.69, 9.17) is 10.9 Å². The lowest BCUT2D eigenvalue weighted by Crippen LogP contribution is -2.21. The number of nitrogens with one attached hydrogen (secondary N) is 2. The smallest absolute Gasteiger partial charge is 0.257 e. The standard InChI is InChI=1S/C13H11FN4O3/c14-8-2-1-3-9(11(8)12(15)18-21)17-13(20)7-4-5-10(19)16-6-7/h1-6,21H,(H2,15,18)(H,16,19)(H,17,20). The van der Waals surface area contributed by atoms with Crippen molar-refractivity contribution in [2.24, 2.45) is 10.9 Å². The van der Waals surface area contributed by atoms with Crippen LogP contribution in [0.5, 0.6) is 0 Å². The molecular weight excluding hydrogens is 279 g/mol. The van der Waals surface area contributed by atoms with E-state index in [1.807, 2.05) is 0 Å². The van der Waals surface area contributed by atoms with Crippen molar-refractivity contribution in [1.82, 2.24) is 4.98 Å². The first-order chi connectivity index (χ1) is 10.0. The molecule has 1 aromatic heterocycles. The van der Waals surface area contributed by atoms with E-state index in [1.54, 1.807) is 0 Å². The van der Waals surface area contributed by atoms with E-state index < -0.39 is 17.6 Å². The first kappa shape index (κ1) is 14.3. The van der Waals surface area contributed by atoms with Gasteiger partial charge < -0.3 is 21.2 Å². The minimum atomic E-state index is -0.746. The Morgan fingerprint density at radius 2 is 2.10 bits per heavy atom. The Hall–Kier alpha value is -3.16. The molecule has 1 amide bonds. The van der Waals surface area contributed by atoms with Gasteiger partial charge in [0, 0.05) is 12.3 Å². The predicted molar refractivity (Wildman–Crippen MR) is 73.9 cm³/mol. The summed E-state index contributed by atoms with van der Waals surface area (Å²) in [6, 6.07) is 6.39. The molecule has 0 aliphatic carbocycles. The summed E-state index contributed by atoms with van der Waals surface area (Å²) in [6.45, 7) is 0. The Labute approximate surface area is 117 Å². The van der Waals surface area contributed by atoms with Crippen LogP contribution in [-0.2, 0) is 0 Å². The quantitative estimate of drug-likeness (QED) is 0.290. The molecule has 2 rings (SSSR count). The van der Waals surface area contributed by atoms with Gasteiger partial charge in [0.1, 0.15) is 5.82 Å². The average molecular weight is 290 g/mol. The van der Waals surface area contributed by atoms with Crippen LogP contribution in [0.4, 0.5) is 10.1 Å². The first-order valence-electron chi connectivity index (χ1n) is 5.79. The van der Waals surface area contributed by atoms with Crippen LogP contribution in [-0.4, -0.2) is 21.9 Å². The van der Waals surface area contributed by atoms with E-state index in [9.17, 15) is 14.0 Å². The number of oxime groups is 1. The maximum Gasteiger partial charge on any atom is 0.257 e. The van der Waals surface area contributed by atoms with Gasteiger partial charge in [0.2, 0.25) is 5.56 Å². The van der Waals surface area contributed by atoms with Gasteiger partial charge in [-0.3, -0.25) is 9.59 Å². The fourth-order valence-corrected chi connectivity index (χ4v) is 1.68. The van der Waals surface area contributed by atoms with Crippen molar-refractivity contribution in [3.8, 4) is 0 Å². The molecule has 2 aromatic rings. The summed E-state index contributed by atoms with van der Waals surface area (Å²) in [7, 11) is 0. The number of benzene rings is 1. The molecule has 21 heavy (non-hydrogen) atoms. The van der Waals surface area contributed by atoms with Gasteiger partial charge in [-0.15, -0.1) is 0 Å². The van der Waals surface area contributed by atoms with Crippen molar-refractivity contribution in [2.75, 3.05) is 5.32 Å². The monoisotopic (exact) mass is 290 g/mol. The van der Waals surface area contributed by atoms with Gasteiger partial charge in [0.05, 0.1) is 16.8 Å². The number of carbonyl (C=O) groups excluding carboxylic acids is 1. The minimum absolute atomic E-state index is 0.0431. The molecule has 0 unspecified atom stereocenters. The number of hydrogen-bond donors (Lipinski definition) is 4. The number of hydrogen-bond acceptors (Lipinski definition) is 4.